The number of halogens is 1. The maximum Gasteiger partial charge on any atom is 0.337 e. The summed E-state index contributed by atoms with van der Waals surface area (Å²) in [6, 6.07) is 7.31. The van der Waals surface area contributed by atoms with Crippen LogP contribution in [0.2, 0.25) is 0 Å². The number of hydrogen-bond donors (Lipinski definition) is 2. The molecule has 0 unspecified atom stereocenters. The fraction of sp³-hybridized carbons (Fsp3) is 0.133. The van der Waals surface area contributed by atoms with Crippen molar-refractivity contribution in [1.29, 1.82) is 0 Å². The predicted octanol–water partition coefficient (Wildman–Crippen LogP) is 3.52. The van der Waals surface area contributed by atoms with Gasteiger partial charge in [-0.3, -0.25) is 0 Å². The van der Waals surface area contributed by atoms with Gasteiger partial charge in [0.1, 0.15) is 17.3 Å². The lowest BCUT2D eigenvalue weighted by Gasteiger charge is -2.11. The van der Waals surface area contributed by atoms with Crippen molar-refractivity contribution in [3.05, 3.63) is 52.8 Å². The molecule has 0 fully saturated rings. The number of aryl methyl sites for hydroxylation is 2. The number of nitrogens with two attached hydrogens (primary N) is 1. The number of ether oxygens (including phenoxy) is 1. The molecule has 0 saturated carbocycles. The Labute approximate surface area is 115 Å². The molecule has 4 nitrogen and oxygen atoms in total. The van der Waals surface area contributed by atoms with E-state index in [1.165, 1.54) is 18.2 Å². The minimum atomic E-state index is -1.12. The Hall–Kier alpha value is -2.56. The van der Waals surface area contributed by atoms with Gasteiger partial charge < -0.3 is 15.6 Å². The second-order valence-electron chi connectivity index (χ2n) is 4.52. The summed E-state index contributed by atoms with van der Waals surface area (Å²) in [6.07, 6.45) is 0. The van der Waals surface area contributed by atoms with Gasteiger partial charge in [0.05, 0.1) is 5.56 Å². The third-order valence-electron chi connectivity index (χ3n) is 2.96. The smallest absolute Gasteiger partial charge is 0.337 e. The fourth-order valence-electron chi connectivity index (χ4n) is 1.82. The first-order valence-corrected chi connectivity index (χ1v) is 5.96. The zero-order valence-electron chi connectivity index (χ0n) is 11.1. The van der Waals surface area contributed by atoms with Gasteiger partial charge in [0.25, 0.3) is 0 Å². The number of anilines is 1. The highest BCUT2D eigenvalue weighted by atomic mass is 19.1. The summed E-state index contributed by atoms with van der Waals surface area (Å²) < 4.78 is 18.7. The molecule has 0 amide bonds. The lowest BCUT2D eigenvalue weighted by molar-refractivity contribution is 0.0697. The highest BCUT2D eigenvalue weighted by molar-refractivity contribution is 5.95. The lowest BCUT2D eigenvalue weighted by Crippen LogP contribution is -2.04. The molecular weight excluding hydrogens is 261 g/mol. The number of carboxylic acids is 1. The van der Waals surface area contributed by atoms with Crippen molar-refractivity contribution in [3.63, 3.8) is 0 Å². The van der Waals surface area contributed by atoms with Gasteiger partial charge >= 0.3 is 5.97 Å². The Morgan fingerprint density at radius 3 is 2.40 bits per heavy atom. The Morgan fingerprint density at radius 2 is 1.80 bits per heavy atom. The molecule has 0 spiro atoms. The number of carboxylic acid groups (broad SMARTS) is 1. The first kappa shape index (κ1) is 13.9. The van der Waals surface area contributed by atoms with Gasteiger partial charge in [0.15, 0.2) is 0 Å². The molecule has 0 radical (unpaired) electrons. The summed E-state index contributed by atoms with van der Waals surface area (Å²) >= 11 is 0. The summed E-state index contributed by atoms with van der Waals surface area (Å²) in [5, 5.41) is 9.08. The van der Waals surface area contributed by atoms with Crippen LogP contribution in [0, 0.1) is 19.7 Å². The van der Waals surface area contributed by atoms with Gasteiger partial charge in [-0.2, -0.15) is 0 Å². The van der Waals surface area contributed by atoms with E-state index in [-0.39, 0.29) is 17.1 Å². The van der Waals surface area contributed by atoms with Crippen molar-refractivity contribution < 1.29 is 19.0 Å². The van der Waals surface area contributed by atoms with E-state index in [0.717, 1.165) is 0 Å². The van der Waals surface area contributed by atoms with E-state index in [1.54, 1.807) is 26.0 Å². The first-order valence-electron chi connectivity index (χ1n) is 5.96. The summed E-state index contributed by atoms with van der Waals surface area (Å²) in [6.45, 7) is 3.32. The van der Waals surface area contributed by atoms with E-state index < -0.39 is 5.97 Å². The summed E-state index contributed by atoms with van der Waals surface area (Å²) in [4.78, 5) is 11.1. The van der Waals surface area contributed by atoms with Crippen LogP contribution in [0.3, 0.4) is 0 Å². The molecule has 0 heterocycles. The monoisotopic (exact) mass is 275 g/mol. The second kappa shape index (κ2) is 5.21. The third-order valence-corrected chi connectivity index (χ3v) is 2.96. The van der Waals surface area contributed by atoms with Gasteiger partial charge in [-0.1, -0.05) is 0 Å². The summed E-state index contributed by atoms with van der Waals surface area (Å²) in [7, 11) is 0. The normalized spacial score (nSPS) is 10.3. The number of rotatable bonds is 3. The minimum Gasteiger partial charge on any atom is -0.478 e. The highest BCUT2D eigenvalue weighted by Gasteiger charge is 2.13. The number of benzene rings is 2. The molecule has 104 valence electrons. The van der Waals surface area contributed by atoms with Crippen LogP contribution in [0.5, 0.6) is 11.5 Å². The molecule has 2 aromatic carbocycles. The molecule has 0 aliphatic heterocycles. The number of carbonyl (C=O) groups is 1. The molecule has 0 atom stereocenters. The lowest BCUT2D eigenvalue weighted by atomic mass is 10.1. The van der Waals surface area contributed by atoms with Gasteiger partial charge in [-0.05, 0) is 55.3 Å². The topological polar surface area (TPSA) is 72.5 Å². The Kier molecular flexibility index (Phi) is 3.61. The van der Waals surface area contributed by atoms with Crippen molar-refractivity contribution in [3.8, 4) is 11.5 Å². The first-order chi connectivity index (χ1) is 9.38. The van der Waals surface area contributed by atoms with E-state index in [1.807, 2.05) is 0 Å². The van der Waals surface area contributed by atoms with Crippen LogP contribution in [0.15, 0.2) is 30.3 Å². The standard InChI is InChI=1S/C15H14FNO3/c1-8-5-10(3-4-13(8)16)20-11-6-9(2)14(17)12(7-11)15(18)19/h3-7H,17H2,1-2H3,(H,18,19). The number of nitrogen functional groups attached to an aromatic ring is 1. The second-order valence-corrected chi connectivity index (χ2v) is 4.52. The molecular formula is C15H14FNO3. The largest absolute Gasteiger partial charge is 0.478 e. The molecule has 0 aliphatic carbocycles. The van der Waals surface area contributed by atoms with Crippen LogP contribution in [0.1, 0.15) is 21.5 Å². The maximum absolute atomic E-state index is 13.2. The molecule has 20 heavy (non-hydrogen) atoms. The molecule has 0 bridgehead atoms. The van der Waals surface area contributed by atoms with Crippen molar-refractivity contribution in [2.45, 2.75) is 13.8 Å². The third kappa shape index (κ3) is 2.71. The summed E-state index contributed by atoms with van der Waals surface area (Å²) in [5.74, 6) is -0.659. The molecule has 0 aliphatic rings. The fourth-order valence-corrected chi connectivity index (χ4v) is 1.82. The SMILES string of the molecule is Cc1cc(Oc2cc(C)c(N)c(C(=O)O)c2)ccc1F. The zero-order chi connectivity index (χ0) is 14.9. The molecule has 0 saturated heterocycles. The average molecular weight is 275 g/mol. The van der Waals surface area contributed by atoms with Crippen molar-refractivity contribution in [2.75, 3.05) is 5.73 Å². The maximum atomic E-state index is 13.2. The predicted molar refractivity (Wildman–Crippen MR) is 73.8 cm³/mol. The van der Waals surface area contributed by atoms with Crippen LogP contribution >= 0.6 is 0 Å². The van der Waals surface area contributed by atoms with E-state index in [0.29, 0.717) is 22.6 Å². The van der Waals surface area contributed by atoms with E-state index >= 15 is 0 Å². The van der Waals surface area contributed by atoms with Crippen LogP contribution in [0.4, 0.5) is 10.1 Å². The van der Waals surface area contributed by atoms with E-state index in [4.69, 9.17) is 15.6 Å². The molecule has 5 heteroatoms. The van der Waals surface area contributed by atoms with Crippen molar-refractivity contribution in [1.82, 2.24) is 0 Å². The molecule has 3 N–H and O–H groups in total. The van der Waals surface area contributed by atoms with Gasteiger partial charge in [0.2, 0.25) is 0 Å². The quantitative estimate of drug-likeness (QED) is 0.841. The molecule has 2 rings (SSSR count). The Balaban J connectivity index is 2.38. The van der Waals surface area contributed by atoms with Crippen LogP contribution in [-0.2, 0) is 0 Å². The molecule has 2 aromatic rings. The Bertz CT molecular complexity index is 683. The number of aromatic carboxylic acids is 1. The van der Waals surface area contributed by atoms with Gasteiger partial charge in [-0.25, -0.2) is 9.18 Å². The summed E-state index contributed by atoms with van der Waals surface area (Å²) in [5.41, 5.74) is 6.96. The van der Waals surface area contributed by atoms with Crippen molar-refractivity contribution >= 4 is 11.7 Å². The van der Waals surface area contributed by atoms with Crippen LogP contribution in [-0.4, -0.2) is 11.1 Å². The van der Waals surface area contributed by atoms with Crippen molar-refractivity contribution in [2.24, 2.45) is 0 Å². The minimum absolute atomic E-state index is 0.0150. The molecule has 0 aromatic heterocycles. The van der Waals surface area contributed by atoms with E-state index in [2.05, 4.69) is 0 Å². The van der Waals surface area contributed by atoms with E-state index in [9.17, 15) is 9.18 Å². The average Bonchev–Trinajstić information content (AvgIpc) is 2.37. The van der Waals surface area contributed by atoms with Gasteiger partial charge in [0, 0.05) is 5.69 Å². The van der Waals surface area contributed by atoms with Crippen LogP contribution in [0.25, 0.3) is 0 Å². The van der Waals surface area contributed by atoms with Gasteiger partial charge in [-0.15, -0.1) is 0 Å². The zero-order valence-corrected chi connectivity index (χ0v) is 11.1. The highest BCUT2D eigenvalue weighted by Crippen LogP contribution is 2.29. The Morgan fingerprint density at radius 1 is 1.15 bits per heavy atom. The van der Waals surface area contributed by atoms with Crippen LogP contribution < -0.4 is 10.5 Å². The number of hydrogen-bond acceptors (Lipinski definition) is 3.